The van der Waals surface area contributed by atoms with E-state index >= 15 is 0 Å². The summed E-state index contributed by atoms with van der Waals surface area (Å²) in [6.45, 7) is 5.42. The Morgan fingerprint density at radius 3 is 2.23 bits per heavy atom. The zero-order valence-corrected chi connectivity index (χ0v) is 27.1. The monoisotopic (exact) mass is 691 g/mol. The van der Waals surface area contributed by atoms with Gasteiger partial charge in [0.2, 0.25) is 21.8 Å². The van der Waals surface area contributed by atoms with E-state index in [9.17, 15) is 18.0 Å². The van der Waals surface area contributed by atoms with Crippen molar-refractivity contribution in [3.8, 4) is 0 Å². The van der Waals surface area contributed by atoms with Gasteiger partial charge in [-0.1, -0.05) is 81.2 Å². The van der Waals surface area contributed by atoms with Gasteiger partial charge >= 0.3 is 0 Å². The number of halogens is 2. The summed E-state index contributed by atoms with van der Waals surface area (Å²) in [5, 5.41) is 3.03. The fraction of sp³-hybridized carbons (Fsp3) is 0.333. The van der Waals surface area contributed by atoms with Gasteiger partial charge in [-0.15, -0.1) is 0 Å². The number of rotatable bonds is 12. The molecule has 0 aliphatic rings. The van der Waals surface area contributed by atoms with Crippen molar-refractivity contribution in [1.29, 1.82) is 0 Å². The largest absolute Gasteiger partial charge is 0.352 e. The van der Waals surface area contributed by atoms with Crippen LogP contribution in [0.25, 0.3) is 0 Å². The van der Waals surface area contributed by atoms with Gasteiger partial charge in [0.15, 0.2) is 0 Å². The highest BCUT2D eigenvalue weighted by Crippen LogP contribution is 2.26. The zero-order valence-electron chi connectivity index (χ0n) is 23.1. The second kappa shape index (κ2) is 14.3. The lowest BCUT2D eigenvalue weighted by atomic mass is 10.0. The topological polar surface area (TPSA) is 86.8 Å². The molecule has 7 nitrogen and oxygen atoms in total. The lowest BCUT2D eigenvalue weighted by molar-refractivity contribution is -0.140. The standard InChI is InChI=1S/C30H35Br2N3O4S/c1-5-22(3)33-30(37)28(18-23-10-7-6-8-11-23)34(19-24-12-9-13-25(31)17-24)29(36)20-35(40(4,38)39)26-14-15-27(32)21(2)16-26/h6-17,22,28H,5,18-20H2,1-4H3,(H,33,37)/t22-,28+/m0/s1. The second-order valence-corrected chi connectivity index (χ2v) is 13.6. The quantitative estimate of drug-likeness (QED) is 0.259. The number of carbonyl (C=O) groups excluding carboxylic acids is 2. The number of aryl methyl sites for hydroxylation is 1. The molecule has 0 bridgehead atoms. The Labute approximate surface area is 254 Å². The van der Waals surface area contributed by atoms with Gasteiger partial charge in [0, 0.05) is 28.0 Å². The summed E-state index contributed by atoms with van der Waals surface area (Å²) in [5.74, 6) is -0.766. The molecule has 40 heavy (non-hydrogen) atoms. The number of nitrogens with one attached hydrogen (secondary N) is 1. The summed E-state index contributed by atoms with van der Waals surface area (Å²) in [6, 6.07) is 21.2. The molecule has 1 N–H and O–H groups in total. The van der Waals surface area contributed by atoms with E-state index in [1.165, 1.54) is 4.90 Å². The number of nitrogens with zero attached hydrogens (tertiary/aromatic N) is 2. The first-order chi connectivity index (χ1) is 18.9. The predicted molar refractivity (Wildman–Crippen MR) is 168 cm³/mol. The number of carbonyl (C=O) groups is 2. The summed E-state index contributed by atoms with van der Waals surface area (Å²) in [5.41, 5.74) is 2.91. The SMILES string of the molecule is CC[C@H](C)NC(=O)[C@@H](Cc1ccccc1)N(Cc1cccc(Br)c1)C(=O)CN(c1ccc(Br)c(C)c1)S(C)(=O)=O. The van der Waals surface area contributed by atoms with Crippen LogP contribution in [-0.2, 0) is 32.6 Å². The van der Waals surface area contributed by atoms with Crippen LogP contribution in [0.5, 0.6) is 0 Å². The Kier molecular flexibility index (Phi) is 11.4. The van der Waals surface area contributed by atoms with Crippen molar-refractivity contribution in [3.05, 3.63) is 98.4 Å². The summed E-state index contributed by atoms with van der Waals surface area (Å²) < 4.78 is 28.6. The molecule has 2 atom stereocenters. The minimum Gasteiger partial charge on any atom is -0.352 e. The molecule has 10 heteroatoms. The molecular formula is C30H35Br2N3O4S. The summed E-state index contributed by atoms with van der Waals surface area (Å²) in [6.07, 6.45) is 2.08. The highest BCUT2D eigenvalue weighted by Gasteiger charge is 2.33. The van der Waals surface area contributed by atoms with E-state index in [1.807, 2.05) is 75.4 Å². The van der Waals surface area contributed by atoms with Crippen molar-refractivity contribution in [2.24, 2.45) is 0 Å². The van der Waals surface area contributed by atoms with Gasteiger partial charge < -0.3 is 10.2 Å². The van der Waals surface area contributed by atoms with Crippen molar-refractivity contribution in [2.75, 3.05) is 17.1 Å². The third-order valence-corrected chi connectivity index (χ3v) is 9.15. The van der Waals surface area contributed by atoms with Crippen LogP contribution in [0, 0.1) is 6.92 Å². The molecule has 2 amide bonds. The normalized spacial score (nSPS) is 12.8. The van der Waals surface area contributed by atoms with Crippen molar-refractivity contribution >= 4 is 59.4 Å². The second-order valence-electron chi connectivity index (χ2n) is 9.88. The van der Waals surface area contributed by atoms with E-state index in [-0.39, 0.29) is 24.9 Å². The first-order valence-electron chi connectivity index (χ1n) is 13.0. The molecule has 0 spiro atoms. The lowest BCUT2D eigenvalue weighted by Crippen LogP contribution is -2.54. The van der Waals surface area contributed by atoms with E-state index in [4.69, 9.17) is 0 Å². The van der Waals surface area contributed by atoms with E-state index in [0.29, 0.717) is 5.69 Å². The van der Waals surface area contributed by atoms with E-state index in [1.54, 1.807) is 18.2 Å². The number of hydrogen-bond acceptors (Lipinski definition) is 4. The fourth-order valence-corrected chi connectivity index (χ4v) is 5.76. The van der Waals surface area contributed by atoms with Crippen molar-refractivity contribution in [2.45, 2.75) is 52.2 Å². The maximum atomic E-state index is 14.1. The summed E-state index contributed by atoms with van der Waals surface area (Å²) in [7, 11) is -3.82. The van der Waals surface area contributed by atoms with Crippen LogP contribution in [0.15, 0.2) is 81.7 Å². The summed E-state index contributed by atoms with van der Waals surface area (Å²) in [4.78, 5) is 29.3. The number of sulfonamides is 1. The highest BCUT2D eigenvalue weighted by atomic mass is 79.9. The fourth-order valence-electron chi connectivity index (χ4n) is 4.22. The average Bonchev–Trinajstić information content (AvgIpc) is 2.90. The minimum absolute atomic E-state index is 0.0909. The average molecular weight is 694 g/mol. The van der Waals surface area contributed by atoms with E-state index in [0.717, 1.165) is 42.6 Å². The van der Waals surface area contributed by atoms with Gasteiger partial charge in [0.25, 0.3) is 0 Å². The van der Waals surface area contributed by atoms with Crippen LogP contribution in [-0.4, -0.2) is 50.0 Å². The Balaban J connectivity index is 2.07. The molecule has 0 saturated carbocycles. The van der Waals surface area contributed by atoms with Gasteiger partial charge in [-0.25, -0.2) is 8.42 Å². The third-order valence-electron chi connectivity index (χ3n) is 6.62. The highest BCUT2D eigenvalue weighted by molar-refractivity contribution is 9.10. The lowest BCUT2D eigenvalue weighted by Gasteiger charge is -2.34. The number of anilines is 1. The minimum atomic E-state index is -3.82. The van der Waals surface area contributed by atoms with Crippen molar-refractivity contribution in [1.82, 2.24) is 10.2 Å². The molecule has 0 fully saturated rings. The van der Waals surface area contributed by atoms with E-state index < -0.39 is 28.5 Å². The number of amides is 2. The Bertz CT molecular complexity index is 1430. The van der Waals surface area contributed by atoms with Crippen molar-refractivity contribution in [3.63, 3.8) is 0 Å². The molecule has 0 saturated heterocycles. The molecular weight excluding hydrogens is 658 g/mol. The molecule has 0 radical (unpaired) electrons. The Morgan fingerprint density at radius 1 is 0.950 bits per heavy atom. The van der Waals surface area contributed by atoms with Crippen LogP contribution < -0.4 is 9.62 Å². The van der Waals surface area contributed by atoms with Gasteiger partial charge in [0.1, 0.15) is 12.6 Å². The molecule has 0 aromatic heterocycles. The Hall–Kier alpha value is -2.69. The maximum absolute atomic E-state index is 14.1. The third kappa shape index (κ3) is 8.91. The predicted octanol–water partition coefficient (Wildman–Crippen LogP) is 5.84. The van der Waals surface area contributed by atoms with Crippen LogP contribution in [0.3, 0.4) is 0 Å². The Morgan fingerprint density at radius 2 is 1.62 bits per heavy atom. The first-order valence-corrected chi connectivity index (χ1v) is 16.4. The molecule has 3 rings (SSSR count). The van der Waals surface area contributed by atoms with Crippen LogP contribution in [0.1, 0.15) is 37.0 Å². The van der Waals surface area contributed by atoms with Crippen LogP contribution in [0.2, 0.25) is 0 Å². The smallest absolute Gasteiger partial charge is 0.244 e. The molecule has 0 aliphatic heterocycles. The first kappa shape index (κ1) is 31.8. The zero-order chi connectivity index (χ0) is 29.4. The van der Waals surface area contributed by atoms with Gasteiger partial charge in [0.05, 0.1) is 11.9 Å². The van der Waals surface area contributed by atoms with Crippen molar-refractivity contribution < 1.29 is 18.0 Å². The number of hydrogen-bond donors (Lipinski definition) is 1. The molecule has 0 unspecified atom stereocenters. The van der Waals surface area contributed by atoms with Gasteiger partial charge in [-0.05, 0) is 67.3 Å². The van der Waals surface area contributed by atoms with Crippen LogP contribution in [0.4, 0.5) is 5.69 Å². The molecule has 214 valence electrons. The van der Waals surface area contributed by atoms with Crippen LogP contribution >= 0.6 is 31.9 Å². The molecule has 3 aromatic carbocycles. The van der Waals surface area contributed by atoms with Gasteiger partial charge in [-0.3, -0.25) is 13.9 Å². The summed E-state index contributed by atoms with van der Waals surface area (Å²) >= 11 is 6.93. The van der Waals surface area contributed by atoms with E-state index in [2.05, 4.69) is 37.2 Å². The molecule has 0 aliphatic carbocycles. The van der Waals surface area contributed by atoms with Gasteiger partial charge in [-0.2, -0.15) is 0 Å². The molecule has 0 heterocycles. The maximum Gasteiger partial charge on any atom is 0.244 e. The molecule has 3 aromatic rings. The number of benzene rings is 3.